The quantitative estimate of drug-likeness (QED) is 0.626. The Bertz CT molecular complexity index is 994. The van der Waals surface area contributed by atoms with Gasteiger partial charge in [-0.2, -0.15) is 13.2 Å². The highest BCUT2D eigenvalue weighted by Gasteiger charge is 2.35. The first kappa shape index (κ1) is 21.9. The fourth-order valence-corrected chi connectivity index (χ4v) is 4.27. The molecule has 0 radical (unpaired) electrons. The van der Waals surface area contributed by atoms with E-state index in [1.165, 1.54) is 34.2 Å². The van der Waals surface area contributed by atoms with E-state index in [-0.39, 0.29) is 11.7 Å². The largest absolute Gasteiger partial charge is 0.418 e. The van der Waals surface area contributed by atoms with Gasteiger partial charge in [0.25, 0.3) is 0 Å². The van der Waals surface area contributed by atoms with Crippen molar-refractivity contribution < 1.29 is 22.9 Å². The molecule has 0 spiro atoms. The standard InChI is InChI=1S/C25H24F3N3O/c26-25(27,28)21-13-7-8-14-22(21)29-24(32)31-17-15-30(16-18-31)23(19-9-3-1-4-10-19)20-11-5-2-6-12-20/h1-14,23H,15-18H2,(H,29,32)/p+1. The van der Waals surface area contributed by atoms with Crippen molar-refractivity contribution in [2.45, 2.75) is 12.2 Å². The minimum atomic E-state index is -4.52. The molecule has 32 heavy (non-hydrogen) atoms. The van der Waals surface area contributed by atoms with E-state index in [4.69, 9.17) is 0 Å². The maximum absolute atomic E-state index is 13.2. The lowest BCUT2D eigenvalue weighted by atomic mass is 9.96. The number of hydrogen-bond donors (Lipinski definition) is 2. The molecule has 0 aliphatic carbocycles. The number of hydrogen-bond acceptors (Lipinski definition) is 1. The number of piperazine rings is 1. The lowest BCUT2D eigenvalue weighted by molar-refractivity contribution is -0.929. The van der Waals surface area contributed by atoms with Crippen LogP contribution in [0.2, 0.25) is 0 Å². The monoisotopic (exact) mass is 440 g/mol. The first-order valence-electron chi connectivity index (χ1n) is 10.6. The van der Waals surface area contributed by atoms with E-state index >= 15 is 0 Å². The van der Waals surface area contributed by atoms with Crippen molar-refractivity contribution in [3.63, 3.8) is 0 Å². The van der Waals surface area contributed by atoms with E-state index in [9.17, 15) is 18.0 Å². The van der Waals surface area contributed by atoms with Gasteiger partial charge in [0.1, 0.15) is 6.04 Å². The molecule has 4 nitrogen and oxygen atoms in total. The Labute approximate surface area is 185 Å². The zero-order valence-electron chi connectivity index (χ0n) is 17.5. The van der Waals surface area contributed by atoms with Gasteiger partial charge in [-0.25, -0.2) is 4.79 Å². The van der Waals surface area contributed by atoms with Crippen LogP contribution in [0.25, 0.3) is 0 Å². The molecule has 0 aromatic heterocycles. The summed E-state index contributed by atoms with van der Waals surface area (Å²) in [6, 6.07) is 25.2. The van der Waals surface area contributed by atoms with Gasteiger partial charge >= 0.3 is 12.2 Å². The molecule has 0 unspecified atom stereocenters. The summed E-state index contributed by atoms with van der Waals surface area (Å²) in [5.41, 5.74) is 1.34. The number of quaternary nitrogens is 1. The summed E-state index contributed by atoms with van der Waals surface area (Å²) in [4.78, 5) is 15.6. The number of nitrogens with zero attached hydrogens (tertiary/aromatic N) is 1. The fraction of sp³-hybridized carbons (Fsp3) is 0.240. The van der Waals surface area contributed by atoms with Gasteiger partial charge in [0.05, 0.1) is 37.4 Å². The van der Waals surface area contributed by atoms with Gasteiger partial charge in [0, 0.05) is 11.1 Å². The summed E-state index contributed by atoms with van der Waals surface area (Å²) in [6.07, 6.45) is -4.52. The number of para-hydroxylation sites is 1. The van der Waals surface area contributed by atoms with Crippen molar-refractivity contribution in [1.82, 2.24) is 4.90 Å². The molecule has 7 heteroatoms. The molecule has 1 saturated heterocycles. The Morgan fingerprint density at radius 2 is 1.31 bits per heavy atom. The van der Waals surface area contributed by atoms with Crippen LogP contribution in [-0.4, -0.2) is 37.1 Å². The fourth-order valence-electron chi connectivity index (χ4n) is 4.27. The molecule has 0 atom stereocenters. The maximum Gasteiger partial charge on any atom is 0.418 e. The molecule has 2 amide bonds. The first-order valence-corrected chi connectivity index (χ1v) is 10.6. The highest BCUT2D eigenvalue weighted by atomic mass is 19.4. The summed E-state index contributed by atoms with van der Waals surface area (Å²) >= 11 is 0. The normalized spacial score (nSPS) is 15.1. The topological polar surface area (TPSA) is 36.8 Å². The van der Waals surface area contributed by atoms with Crippen molar-refractivity contribution in [3.05, 3.63) is 102 Å². The van der Waals surface area contributed by atoms with Gasteiger partial charge in [-0.3, -0.25) is 0 Å². The lowest BCUT2D eigenvalue weighted by Gasteiger charge is -2.37. The number of benzene rings is 3. The Balaban J connectivity index is 1.46. The Morgan fingerprint density at radius 3 is 1.84 bits per heavy atom. The highest BCUT2D eigenvalue weighted by Crippen LogP contribution is 2.34. The van der Waals surface area contributed by atoms with Gasteiger partial charge in [0.15, 0.2) is 0 Å². The number of alkyl halides is 3. The van der Waals surface area contributed by atoms with E-state index in [1.807, 2.05) is 36.4 Å². The SMILES string of the molecule is O=C(Nc1ccccc1C(F)(F)F)N1CC[NH+](C(c2ccccc2)c2ccccc2)CC1. The van der Waals surface area contributed by atoms with Gasteiger partial charge in [-0.05, 0) is 12.1 Å². The number of carbonyl (C=O) groups is 1. The predicted octanol–water partition coefficient (Wildman–Crippen LogP) is 4.23. The number of anilines is 1. The Morgan fingerprint density at radius 1 is 0.812 bits per heavy atom. The van der Waals surface area contributed by atoms with Crippen LogP contribution >= 0.6 is 0 Å². The molecule has 3 aromatic carbocycles. The highest BCUT2D eigenvalue weighted by molar-refractivity contribution is 5.90. The molecule has 1 aliphatic heterocycles. The number of urea groups is 1. The predicted molar refractivity (Wildman–Crippen MR) is 117 cm³/mol. The minimum Gasteiger partial charge on any atom is -0.322 e. The summed E-state index contributed by atoms with van der Waals surface area (Å²) in [5, 5.41) is 2.45. The number of amides is 2. The van der Waals surface area contributed by atoms with E-state index in [0.29, 0.717) is 26.2 Å². The average Bonchev–Trinajstić information content (AvgIpc) is 2.81. The molecule has 0 bridgehead atoms. The van der Waals surface area contributed by atoms with Crippen molar-refractivity contribution in [2.24, 2.45) is 0 Å². The molecule has 1 fully saturated rings. The molecule has 0 saturated carbocycles. The molecule has 2 N–H and O–H groups in total. The second kappa shape index (κ2) is 9.44. The third-order valence-electron chi connectivity index (χ3n) is 5.84. The summed E-state index contributed by atoms with van der Waals surface area (Å²) < 4.78 is 39.7. The van der Waals surface area contributed by atoms with Crippen LogP contribution < -0.4 is 10.2 Å². The maximum atomic E-state index is 13.2. The van der Waals surface area contributed by atoms with Crippen LogP contribution in [0.3, 0.4) is 0 Å². The average molecular weight is 440 g/mol. The number of carbonyl (C=O) groups excluding carboxylic acids is 1. The Hall–Kier alpha value is -3.32. The summed E-state index contributed by atoms with van der Waals surface area (Å²) in [5.74, 6) is 0. The van der Waals surface area contributed by atoms with Gasteiger partial charge in [0.2, 0.25) is 0 Å². The summed E-state index contributed by atoms with van der Waals surface area (Å²) in [6.45, 7) is 2.32. The zero-order chi connectivity index (χ0) is 22.6. The number of rotatable bonds is 4. The second-order valence-electron chi connectivity index (χ2n) is 7.87. The van der Waals surface area contributed by atoms with Crippen molar-refractivity contribution in [1.29, 1.82) is 0 Å². The van der Waals surface area contributed by atoms with Crippen molar-refractivity contribution >= 4 is 11.7 Å². The van der Waals surface area contributed by atoms with Crippen LogP contribution in [0.4, 0.5) is 23.7 Å². The van der Waals surface area contributed by atoms with Crippen LogP contribution in [0, 0.1) is 0 Å². The molecule has 3 aromatic rings. The third kappa shape index (κ3) is 4.94. The third-order valence-corrected chi connectivity index (χ3v) is 5.84. The molecule has 1 aliphatic rings. The second-order valence-corrected chi connectivity index (χ2v) is 7.87. The van der Waals surface area contributed by atoms with Crippen molar-refractivity contribution in [3.8, 4) is 0 Å². The van der Waals surface area contributed by atoms with E-state index in [1.54, 1.807) is 4.90 Å². The molecule has 1 heterocycles. The van der Waals surface area contributed by atoms with Crippen LogP contribution in [0.5, 0.6) is 0 Å². The smallest absolute Gasteiger partial charge is 0.322 e. The molecule has 4 rings (SSSR count). The number of halogens is 3. The van der Waals surface area contributed by atoms with Gasteiger partial charge in [-0.1, -0.05) is 72.8 Å². The van der Waals surface area contributed by atoms with Crippen molar-refractivity contribution in [2.75, 3.05) is 31.5 Å². The molecule has 166 valence electrons. The molecular weight excluding hydrogens is 415 g/mol. The van der Waals surface area contributed by atoms with Crippen LogP contribution in [0.1, 0.15) is 22.7 Å². The Kier molecular flexibility index (Phi) is 6.46. The van der Waals surface area contributed by atoms with E-state index in [0.717, 1.165) is 6.07 Å². The lowest BCUT2D eigenvalue weighted by Crippen LogP contribution is -3.15. The minimum absolute atomic E-state index is 0.133. The van der Waals surface area contributed by atoms with Crippen LogP contribution in [0.15, 0.2) is 84.9 Å². The first-order chi connectivity index (χ1) is 15.4. The number of nitrogens with one attached hydrogen (secondary N) is 2. The van der Waals surface area contributed by atoms with Gasteiger partial charge in [-0.15, -0.1) is 0 Å². The molecular formula is C25H25F3N3O+. The van der Waals surface area contributed by atoms with Crippen LogP contribution in [-0.2, 0) is 6.18 Å². The van der Waals surface area contributed by atoms with E-state index in [2.05, 4.69) is 29.6 Å². The van der Waals surface area contributed by atoms with E-state index < -0.39 is 17.8 Å². The zero-order valence-corrected chi connectivity index (χ0v) is 17.5. The summed E-state index contributed by atoms with van der Waals surface area (Å²) in [7, 11) is 0. The van der Waals surface area contributed by atoms with Gasteiger partial charge < -0.3 is 15.1 Å².